The van der Waals surface area contributed by atoms with E-state index < -0.39 is 35.5 Å². The lowest BCUT2D eigenvalue weighted by atomic mass is 10.0. The van der Waals surface area contributed by atoms with Gasteiger partial charge in [-0.15, -0.1) is 0 Å². The zero-order valence-corrected chi connectivity index (χ0v) is 22.7. The van der Waals surface area contributed by atoms with E-state index in [0.29, 0.717) is 71.5 Å². The minimum atomic E-state index is -4.47. The number of nitrogen functional groups attached to an aromatic ring is 1. The quantitative estimate of drug-likeness (QED) is 0.217. The van der Waals surface area contributed by atoms with Crippen LogP contribution in [0, 0.1) is 5.82 Å². The minimum absolute atomic E-state index is 0.128. The third kappa shape index (κ3) is 6.55. The Kier molecular flexibility index (Phi) is 8.33. The van der Waals surface area contributed by atoms with Crippen molar-refractivity contribution in [3.05, 3.63) is 54.5 Å². The van der Waals surface area contributed by atoms with E-state index in [0.717, 1.165) is 0 Å². The van der Waals surface area contributed by atoms with E-state index in [2.05, 4.69) is 9.71 Å². The summed E-state index contributed by atoms with van der Waals surface area (Å²) < 4.78 is 79.0. The van der Waals surface area contributed by atoms with Crippen LogP contribution in [0.1, 0.15) is 6.42 Å². The van der Waals surface area contributed by atoms with Gasteiger partial charge in [0.2, 0.25) is 0 Å². The number of methoxy groups -OCH3 is 1. The lowest BCUT2D eigenvalue weighted by Gasteiger charge is -2.29. The summed E-state index contributed by atoms with van der Waals surface area (Å²) in [6.07, 6.45) is -4.15. The average Bonchev–Trinajstić information content (AvgIpc) is 2.96. The van der Waals surface area contributed by atoms with Crippen LogP contribution >= 0.6 is 0 Å². The molecule has 1 unspecified atom stereocenters. The van der Waals surface area contributed by atoms with Crippen LogP contribution in [0.3, 0.4) is 0 Å². The maximum atomic E-state index is 15.7. The molecule has 4 aromatic rings. The highest BCUT2D eigenvalue weighted by Gasteiger charge is 2.30. The van der Waals surface area contributed by atoms with Crippen molar-refractivity contribution in [2.24, 2.45) is 0 Å². The number of pyridine rings is 1. The topological polar surface area (TPSA) is 121 Å². The molecule has 14 heteroatoms. The number of morpholine rings is 1. The summed E-state index contributed by atoms with van der Waals surface area (Å²) in [4.78, 5) is 15.8. The van der Waals surface area contributed by atoms with E-state index in [1.807, 2.05) is 4.90 Å². The zero-order valence-electron chi connectivity index (χ0n) is 21.9. The minimum Gasteiger partial charge on any atom is -0.593 e. The highest BCUT2D eigenvalue weighted by atomic mass is 32.2. The van der Waals surface area contributed by atoms with Gasteiger partial charge in [-0.25, -0.2) is 24.1 Å². The number of anilines is 3. The fraction of sp³-hybridized carbons (Fsp3) is 0.296. The highest BCUT2D eigenvalue weighted by molar-refractivity contribution is 7.92. The van der Waals surface area contributed by atoms with Gasteiger partial charge in [0.05, 0.1) is 38.1 Å². The molecule has 1 atom stereocenters. The molecule has 0 saturated carbocycles. The van der Waals surface area contributed by atoms with Crippen LogP contribution in [0.5, 0.6) is 5.75 Å². The Labute approximate surface area is 236 Å². The fourth-order valence-electron chi connectivity index (χ4n) is 4.39. The number of aromatic nitrogens is 3. The van der Waals surface area contributed by atoms with Crippen LogP contribution in [0.4, 0.5) is 34.9 Å². The Balaban J connectivity index is 1.60. The molecular formula is C27H26F4N6O3S. The second-order valence-corrected chi connectivity index (χ2v) is 10.5. The zero-order chi connectivity index (χ0) is 29.1. The molecule has 0 bridgehead atoms. The van der Waals surface area contributed by atoms with Crippen molar-refractivity contribution >= 4 is 39.6 Å². The molecule has 9 nitrogen and oxygen atoms in total. The molecule has 1 fully saturated rings. The molecular weight excluding hydrogens is 564 g/mol. The number of halogens is 4. The number of fused-ring (bicyclic) bond motifs is 1. The van der Waals surface area contributed by atoms with Crippen molar-refractivity contribution in [2.75, 3.05) is 54.5 Å². The molecule has 0 amide bonds. The van der Waals surface area contributed by atoms with E-state index in [-0.39, 0.29) is 11.3 Å². The van der Waals surface area contributed by atoms with Crippen LogP contribution in [-0.4, -0.2) is 64.8 Å². The molecule has 5 rings (SSSR count). The first-order valence-electron chi connectivity index (χ1n) is 12.6. The monoisotopic (exact) mass is 590 g/mol. The number of rotatable bonds is 8. The Hall–Kier alpha value is -3.88. The molecule has 0 radical (unpaired) electrons. The maximum absolute atomic E-state index is 15.7. The van der Waals surface area contributed by atoms with Gasteiger partial charge >= 0.3 is 6.18 Å². The standard InChI is InChI=1S/C27H26F4N6O3S/c1-39-21-14-17(18-3-2-4-20(23(18)28)36-41(38)12-7-27(29,30)31)13-19-24(21)34-25(16-5-6-22(32)33-15-16)35-26(19)37-8-10-40-11-9-37/h2-6,13-15,36H,7-12H2,1H3,(H2,32,33). The Morgan fingerprint density at radius 3 is 2.59 bits per heavy atom. The maximum Gasteiger partial charge on any atom is 0.393 e. The second-order valence-electron chi connectivity index (χ2n) is 9.20. The van der Waals surface area contributed by atoms with Gasteiger partial charge in [-0.2, -0.15) is 13.2 Å². The lowest BCUT2D eigenvalue weighted by Crippen LogP contribution is -2.37. The van der Waals surface area contributed by atoms with E-state index in [9.17, 15) is 17.7 Å². The molecule has 1 aliphatic rings. The molecule has 41 heavy (non-hydrogen) atoms. The van der Waals surface area contributed by atoms with Gasteiger partial charge < -0.3 is 24.7 Å². The molecule has 1 aliphatic heterocycles. The van der Waals surface area contributed by atoms with Gasteiger partial charge in [-0.3, -0.25) is 0 Å². The fourth-order valence-corrected chi connectivity index (χ4v) is 5.32. The third-order valence-electron chi connectivity index (χ3n) is 6.42. The van der Waals surface area contributed by atoms with Crippen molar-refractivity contribution in [3.63, 3.8) is 0 Å². The third-order valence-corrected chi connectivity index (χ3v) is 7.45. The van der Waals surface area contributed by atoms with Crippen LogP contribution in [-0.2, 0) is 16.1 Å². The van der Waals surface area contributed by atoms with Gasteiger partial charge in [-0.05, 0) is 35.9 Å². The van der Waals surface area contributed by atoms with Gasteiger partial charge in [0, 0.05) is 35.8 Å². The summed E-state index contributed by atoms with van der Waals surface area (Å²) in [5.41, 5.74) is 7.24. The van der Waals surface area contributed by atoms with Gasteiger partial charge in [0.1, 0.15) is 34.3 Å². The van der Waals surface area contributed by atoms with Crippen molar-refractivity contribution in [2.45, 2.75) is 12.6 Å². The molecule has 2 aromatic heterocycles. The molecule has 216 valence electrons. The van der Waals surface area contributed by atoms with E-state index in [1.165, 1.54) is 25.3 Å². The number of alkyl halides is 3. The summed E-state index contributed by atoms with van der Waals surface area (Å²) in [6, 6.07) is 11.1. The van der Waals surface area contributed by atoms with Crippen LogP contribution in [0.2, 0.25) is 0 Å². The predicted octanol–water partition coefficient (Wildman–Crippen LogP) is 4.95. The summed E-state index contributed by atoms with van der Waals surface area (Å²) >= 11 is -2.14. The van der Waals surface area contributed by atoms with Crippen LogP contribution in [0.25, 0.3) is 33.4 Å². The first kappa shape index (κ1) is 28.6. The number of nitrogens with one attached hydrogen (secondary N) is 1. The van der Waals surface area contributed by atoms with E-state index in [1.54, 1.807) is 30.5 Å². The summed E-state index contributed by atoms with van der Waals surface area (Å²) in [5.74, 6) is 0.221. The smallest absolute Gasteiger partial charge is 0.393 e. The van der Waals surface area contributed by atoms with Crippen molar-refractivity contribution in [1.29, 1.82) is 0 Å². The number of nitrogens with two attached hydrogens (primary N) is 1. The Bertz CT molecular complexity index is 1530. The van der Waals surface area contributed by atoms with Gasteiger partial charge in [0.25, 0.3) is 0 Å². The highest BCUT2D eigenvalue weighted by Crippen LogP contribution is 2.39. The van der Waals surface area contributed by atoms with Crippen molar-refractivity contribution in [1.82, 2.24) is 15.0 Å². The molecule has 0 spiro atoms. The number of hydrogen-bond acceptors (Lipinski definition) is 9. The molecule has 0 aliphatic carbocycles. The SMILES string of the molecule is COc1cc(-c2cccc(N[S+]([O-])CCC(F)(F)F)c2F)cc2c(N3CCOCC3)nc(-c3ccc(N)nc3)nc12. The Morgan fingerprint density at radius 1 is 1.12 bits per heavy atom. The van der Waals surface area contributed by atoms with Crippen molar-refractivity contribution < 1.29 is 31.6 Å². The van der Waals surface area contributed by atoms with E-state index in [4.69, 9.17) is 25.2 Å². The molecule has 1 saturated heterocycles. The average molecular weight is 591 g/mol. The largest absolute Gasteiger partial charge is 0.593 e. The van der Waals surface area contributed by atoms with Crippen LogP contribution < -0.4 is 20.1 Å². The summed E-state index contributed by atoms with van der Waals surface area (Å²) in [7, 11) is 1.47. The number of ether oxygens (including phenoxy) is 2. The number of nitrogens with zero attached hydrogens (tertiary/aromatic N) is 4. The molecule has 3 N–H and O–H groups in total. The second kappa shape index (κ2) is 11.9. The normalized spacial score (nSPS) is 14.7. The predicted molar refractivity (Wildman–Crippen MR) is 149 cm³/mol. The van der Waals surface area contributed by atoms with Crippen molar-refractivity contribution in [3.8, 4) is 28.3 Å². The Morgan fingerprint density at radius 2 is 1.90 bits per heavy atom. The van der Waals surface area contributed by atoms with Crippen LogP contribution in [0.15, 0.2) is 48.7 Å². The first-order valence-corrected chi connectivity index (χ1v) is 13.9. The van der Waals surface area contributed by atoms with Gasteiger partial charge in [0.15, 0.2) is 11.6 Å². The summed E-state index contributed by atoms with van der Waals surface area (Å²) in [6.45, 7) is 2.12. The number of hydrogen-bond donors (Lipinski definition) is 2. The van der Waals surface area contributed by atoms with Gasteiger partial charge in [-0.1, -0.05) is 12.1 Å². The molecule has 2 aromatic carbocycles. The molecule has 3 heterocycles. The summed E-state index contributed by atoms with van der Waals surface area (Å²) in [5, 5.41) is 0.597. The first-order chi connectivity index (χ1) is 19.6. The number of benzene rings is 2. The van der Waals surface area contributed by atoms with E-state index >= 15 is 4.39 Å². The lowest BCUT2D eigenvalue weighted by molar-refractivity contribution is -0.129.